The van der Waals surface area contributed by atoms with E-state index in [1.807, 2.05) is 18.2 Å². The van der Waals surface area contributed by atoms with Crippen LogP contribution in [0, 0.1) is 10.8 Å². The first kappa shape index (κ1) is 12.9. The molecule has 110 valence electrons. The summed E-state index contributed by atoms with van der Waals surface area (Å²) in [5.74, 6) is 0.519. The maximum atomic E-state index is 12.6. The highest BCUT2D eigenvalue weighted by Gasteiger charge is 2.69. The molecule has 1 amide bonds. The van der Waals surface area contributed by atoms with Crippen molar-refractivity contribution < 1.29 is 9.53 Å². The number of hydrogen-bond donors (Lipinski definition) is 1. The normalized spacial score (nSPS) is 27.8. The van der Waals surface area contributed by atoms with E-state index < -0.39 is 11.6 Å². The number of amides is 1. The Morgan fingerprint density at radius 1 is 1.27 bits per heavy atom. The molecule has 6 nitrogen and oxygen atoms in total. The molecule has 0 bridgehead atoms. The molecule has 1 aromatic heterocycles. The molecule has 1 fully saturated rings. The summed E-state index contributed by atoms with van der Waals surface area (Å²) in [7, 11) is 0. The fourth-order valence-corrected chi connectivity index (χ4v) is 3.08. The van der Waals surface area contributed by atoms with Gasteiger partial charge in [0.1, 0.15) is 17.6 Å². The number of nitrogens with zero attached hydrogens (tertiary/aromatic N) is 2. The molecule has 1 aliphatic carbocycles. The first-order valence-electron chi connectivity index (χ1n) is 7.07. The van der Waals surface area contributed by atoms with Crippen LogP contribution >= 0.6 is 0 Å². The number of rotatable bonds is 3. The van der Waals surface area contributed by atoms with E-state index in [2.05, 4.69) is 15.5 Å². The number of anilines is 1. The minimum Gasteiger partial charge on any atom is -0.477 e. The van der Waals surface area contributed by atoms with Gasteiger partial charge in [0.05, 0.1) is 0 Å². The number of hydrogen-bond acceptors (Lipinski definition) is 5. The smallest absolute Gasteiger partial charge is 0.270 e. The topological polar surface area (TPSA) is 80.6 Å². The van der Waals surface area contributed by atoms with Crippen LogP contribution in [0.1, 0.15) is 18.0 Å². The number of pyridine rings is 1. The van der Waals surface area contributed by atoms with Crippen LogP contribution in [0.25, 0.3) is 0 Å². The van der Waals surface area contributed by atoms with Gasteiger partial charge in [-0.1, -0.05) is 29.4 Å². The van der Waals surface area contributed by atoms with E-state index >= 15 is 0 Å². The fraction of sp³-hybridized carbons (Fsp3) is 0.250. The summed E-state index contributed by atoms with van der Waals surface area (Å²) < 4.78 is 5.92. The van der Waals surface area contributed by atoms with Crippen molar-refractivity contribution in [2.45, 2.75) is 18.1 Å². The number of fused-ring (bicyclic) bond motifs is 2. The van der Waals surface area contributed by atoms with E-state index in [9.17, 15) is 9.70 Å². The van der Waals surface area contributed by atoms with Crippen molar-refractivity contribution in [3.8, 4) is 5.75 Å². The standard InChI is InChI=1S/C16H13N3O3/c20-15(18-13-7-3-4-8-17-13)16-9-11(16)14(19-21)10-5-1-2-6-12(10)22-16/h1-8,11,14H,9H2,(H,17,18,20)/t11-,14?,16-/m0/s1. The van der Waals surface area contributed by atoms with Crippen LogP contribution in [0.15, 0.2) is 53.8 Å². The maximum Gasteiger partial charge on any atom is 0.270 e. The second kappa shape index (κ2) is 4.62. The Morgan fingerprint density at radius 3 is 2.86 bits per heavy atom. The van der Waals surface area contributed by atoms with Gasteiger partial charge in [0.15, 0.2) is 5.60 Å². The van der Waals surface area contributed by atoms with Gasteiger partial charge in [0.25, 0.3) is 5.91 Å². The molecule has 2 aromatic rings. The lowest BCUT2D eigenvalue weighted by molar-refractivity contribution is -0.126. The number of aromatic nitrogens is 1. The van der Waals surface area contributed by atoms with E-state index in [4.69, 9.17) is 4.74 Å². The fourth-order valence-electron chi connectivity index (χ4n) is 3.08. The molecule has 2 heterocycles. The average Bonchev–Trinajstić information content (AvgIpc) is 3.29. The van der Waals surface area contributed by atoms with Crippen molar-refractivity contribution >= 4 is 11.7 Å². The van der Waals surface area contributed by atoms with Crippen LogP contribution < -0.4 is 10.1 Å². The lowest BCUT2D eigenvalue weighted by atomic mass is 9.96. The van der Waals surface area contributed by atoms with E-state index in [1.54, 1.807) is 30.5 Å². The predicted molar refractivity (Wildman–Crippen MR) is 79.3 cm³/mol. The molecule has 0 radical (unpaired) electrons. The number of nitrogens with one attached hydrogen (secondary N) is 1. The van der Waals surface area contributed by atoms with Crippen LogP contribution in [-0.2, 0) is 4.79 Å². The van der Waals surface area contributed by atoms with Crippen LogP contribution in [-0.4, -0.2) is 16.5 Å². The molecular formula is C16H13N3O3. The zero-order valence-electron chi connectivity index (χ0n) is 11.6. The molecule has 0 spiro atoms. The summed E-state index contributed by atoms with van der Waals surface area (Å²) in [6, 6.07) is 12.0. The number of benzene rings is 1. The van der Waals surface area contributed by atoms with E-state index in [-0.39, 0.29) is 11.8 Å². The minimum absolute atomic E-state index is 0.219. The molecule has 1 N–H and O–H groups in total. The highest BCUT2D eigenvalue weighted by atomic mass is 16.5. The van der Waals surface area contributed by atoms with Crippen molar-refractivity contribution in [2.75, 3.05) is 5.32 Å². The van der Waals surface area contributed by atoms with Crippen molar-refractivity contribution in [1.29, 1.82) is 0 Å². The molecule has 1 saturated carbocycles. The van der Waals surface area contributed by atoms with Crippen molar-refractivity contribution in [1.82, 2.24) is 4.98 Å². The third-order valence-electron chi connectivity index (χ3n) is 4.28. The van der Waals surface area contributed by atoms with Gasteiger partial charge in [-0.2, -0.15) is 4.91 Å². The molecule has 0 saturated heterocycles. The summed E-state index contributed by atoms with van der Waals surface area (Å²) in [5.41, 5.74) is -0.258. The lowest BCUT2D eigenvalue weighted by Crippen LogP contribution is -2.40. The van der Waals surface area contributed by atoms with Gasteiger partial charge in [-0.15, -0.1) is 0 Å². The van der Waals surface area contributed by atoms with Gasteiger partial charge in [0, 0.05) is 24.1 Å². The van der Waals surface area contributed by atoms with Crippen LogP contribution in [0.5, 0.6) is 5.75 Å². The first-order chi connectivity index (χ1) is 10.7. The monoisotopic (exact) mass is 295 g/mol. The Morgan fingerprint density at radius 2 is 2.09 bits per heavy atom. The van der Waals surface area contributed by atoms with Crippen LogP contribution in [0.4, 0.5) is 5.82 Å². The van der Waals surface area contributed by atoms with Crippen LogP contribution in [0.2, 0.25) is 0 Å². The van der Waals surface area contributed by atoms with Crippen LogP contribution in [0.3, 0.4) is 0 Å². The Bertz CT molecular complexity index is 749. The molecule has 1 aromatic carbocycles. The quantitative estimate of drug-likeness (QED) is 0.883. The molecule has 4 rings (SSSR count). The molecule has 6 heteroatoms. The van der Waals surface area contributed by atoms with Gasteiger partial charge in [0.2, 0.25) is 0 Å². The minimum atomic E-state index is -1.01. The number of carbonyl (C=O) groups excluding carboxylic acids is 1. The molecular weight excluding hydrogens is 282 g/mol. The lowest BCUT2D eigenvalue weighted by Gasteiger charge is -2.27. The molecule has 1 aliphatic heterocycles. The van der Waals surface area contributed by atoms with Crippen molar-refractivity contribution in [2.24, 2.45) is 11.1 Å². The molecule has 3 atom stereocenters. The summed E-state index contributed by atoms with van der Waals surface area (Å²) in [6.45, 7) is 0. The zero-order valence-corrected chi connectivity index (χ0v) is 11.6. The van der Waals surface area contributed by atoms with Gasteiger partial charge < -0.3 is 10.1 Å². The number of nitroso groups, excluding NO2 is 1. The van der Waals surface area contributed by atoms with E-state index in [0.29, 0.717) is 18.0 Å². The summed E-state index contributed by atoms with van der Waals surface area (Å²) in [5, 5.41) is 5.97. The molecule has 2 aliphatic rings. The van der Waals surface area contributed by atoms with E-state index in [0.717, 1.165) is 5.56 Å². The number of ether oxygens (including phenoxy) is 1. The van der Waals surface area contributed by atoms with Crippen molar-refractivity contribution in [3.63, 3.8) is 0 Å². The van der Waals surface area contributed by atoms with Gasteiger partial charge >= 0.3 is 0 Å². The SMILES string of the molecule is O=NC1c2ccccc2O[C@@]2(C(=O)Nc3ccccn3)C[C@@H]12. The van der Waals surface area contributed by atoms with Gasteiger partial charge in [-0.05, 0) is 18.2 Å². The average molecular weight is 295 g/mol. The van der Waals surface area contributed by atoms with Gasteiger partial charge in [-0.25, -0.2) is 4.98 Å². The highest BCUT2D eigenvalue weighted by Crippen LogP contribution is 2.60. The van der Waals surface area contributed by atoms with E-state index in [1.165, 1.54) is 0 Å². The third-order valence-corrected chi connectivity index (χ3v) is 4.28. The predicted octanol–water partition coefficient (Wildman–Crippen LogP) is 2.68. The first-order valence-corrected chi connectivity index (χ1v) is 7.07. The second-order valence-corrected chi connectivity index (χ2v) is 5.56. The Balaban J connectivity index is 1.64. The van der Waals surface area contributed by atoms with Gasteiger partial charge in [-0.3, -0.25) is 4.79 Å². The molecule has 1 unspecified atom stereocenters. The summed E-state index contributed by atoms with van der Waals surface area (Å²) in [4.78, 5) is 27.9. The highest BCUT2D eigenvalue weighted by molar-refractivity contribution is 6.00. The second-order valence-electron chi connectivity index (χ2n) is 5.56. The number of para-hydroxylation sites is 1. The summed E-state index contributed by atoms with van der Waals surface area (Å²) in [6.07, 6.45) is 2.08. The molecule has 22 heavy (non-hydrogen) atoms. The Kier molecular flexibility index (Phi) is 2.72. The zero-order chi connectivity index (χ0) is 15.2. The Labute approximate surface area is 126 Å². The summed E-state index contributed by atoms with van der Waals surface area (Å²) >= 11 is 0. The van der Waals surface area contributed by atoms with Crippen molar-refractivity contribution in [3.05, 3.63) is 59.1 Å². The Hall–Kier alpha value is -2.76. The largest absolute Gasteiger partial charge is 0.477 e. The maximum absolute atomic E-state index is 12.6. The number of carbonyl (C=O) groups is 1. The third kappa shape index (κ3) is 1.80.